The number of carbonyl (C=O) groups excluding carboxylic acids is 2. The number of amides is 1. The number of hydroxylamine groups is 1. The molecule has 0 spiro atoms. The van der Waals surface area contributed by atoms with Crippen molar-refractivity contribution in [2.75, 3.05) is 0 Å². The van der Waals surface area contributed by atoms with E-state index in [1.165, 1.54) is 0 Å². The van der Waals surface area contributed by atoms with Gasteiger partial charge < -0.3 is 10.6 Å². The Hall–Kier alpha value is -2.28. The quantitative estimate of drug-likeness (QED) is 0.605. The lowest BCUT2D eigenvalue weighted by Crippen LogP contribution is -2.57. The molecule has 5 nitrogen and oxygen atoms in total. The first kappa shape index (κ1) is 12.2. The van der Waals surface area contributed by atoms with Crippen LogP contribution in [-0.4, -0.2) is 17.2 Å². The van der Waals surface area contributed by atoms with E-state index in [1.807, 2.05) is 0 Å². The summed E-state index contributed by atoms with van der Waals surface area (Å²) in [6, 6.07) is 2.34. The second kappa shape index (κ2) is 4.19. The zero-order chi connectivity index (χ0) is 13.3. The van der Waals surface area contributed by atoms with Gasteiger partial charge in [-0.25, -0.2) is 8.78 Å². The van der Waals surface area contributed by atoms with Crippen LogP contribution < -0.4 is 11.2 Å². The van der Waals surface area contributed by atoms with Gasteiger partial charge in [-0.1, -0.05) is 0 Å². The molecule has 1 unspecified atom stereocenters. The summed E-state index contributed by atoms with van der Waals surface area (Å²) >= 11 is 0. The first-order chi connectivity index (χ1) is 8.47. The van der Waals surface area contributed by atoms with Gasteiger partial charge in [-0.15, -0.1) is 5.48 Å². The van der Waals surface area contributed by atoms with Crippen LogP contribution >= 0.6 is 0 Å². The molecule has 0 aromatic heterocycles. The Bertz CT molecular complexity index is 559. The van der Waals surface area contributed by atoms with E-state index in [0.717, 1.165) is 24.5 Å². The van der Waals surface area contributed by atoms with Crippen LogP contribution in [0.3, 0.4) is 0 Å². The molecule has 3 N–H and O–H groups in total. The number of ketones is 1. The van der Waals surface area contributed by atoms with Gasteiger partial charge in [0.2, 0.25) is 11.3 Å². The third kappa shape index (κ3) is 1.74. The highest BCUT2D eigenvalue weighted by molar-refractivity contribution is 6.19. The molecule has 94 valence electrons. The van der Waals surface area contributed by atoms with Crippen LogP contribution in [-0.2, 0) is 9.63 Å². The van der Waals surface area contributed by atoms with Crippen LogP contribution in [0.2, 0.25) is 0 Å². The summed E-state index contributed by atoms with van der Waals surface area (Å²) < 4.78 is 26.5. The predicted octanol–water partition coefficient (Wildman–Crippen LogP) is 0.420. The van der Waals surface area contributed by atoms with Crippen molar-refractivity contribution in [3.63, 3.8) is 0 Å². The van der Waals surface area contributed by atoms with Crippen LogP contribution in [0, 0.1) is 11.6 Å². The molecule has 1 amide bonds. The molecule has 0 aliphatic carbocycles. The SMILES string of the molecule is NC(=O)C1(C(=O)c2cc(F)ccc2F)C=CON1. The average Bonchev–Trinajstić information content (AvgIpc) is 2.82. The number of halogens is 2. The zero-order valence-electron chi connectivity index (χ0n) is 8.94. The van der Waals surface area contributed by atoms with Gasteiger partial charge in [0, 0.05) is 0 Å². The molecule has 0 saturated heterocycles. The molecule has 1 atom stereocenters. The summed E-state index contributed by atoms with van der Waals surface area (Å²) in [5.41, 5.74) is 4.57. The molecule has 1 aromatic rings. The van der Waals surface area contributed by atoms with E-state index >= 15 is 0 Å². The highest BCUT2D eigenvalue weighted by Crippen LogP contribution is 2.22. The Morgan fingerprint density at radius 2 is 2.06 bits per heavy atom. The molecular weight excluding hydrogens is 246 g/mol. The maximum atomic E-state index is 13.5. The minimum Gasteiger partial charge on any atom is -0.415 e. The van der Waals surface area contributed by atoms with Crippen LogP contribution in [0.25, 0.3) is 0 Å². The average molecular weight is 254 g/mol. The lowest BCUT2D eigenvalue weighted by molar-refractivity contribution is -0.123. The third-order valence-corrected chi connectivity index (χ3v) is 2.53. The first-order valence-electron chi connectivity index (χ1n) is 4.87. The zero-order valence-corrected chi connectivity index (χ0v) is 8.94. The maximum absolute atomic E-state index is 13.5. The Morgan fingerprint density at radius 3 is 2.61 bits per heavy atom. The Labute approximate surface area is 100 Å². The van der Waals surface area contributed by atoms with E-state index in [2.05, 4.69) is 10.3 Å². The number of benzene rings is 1. The van der Waals surface area contributed by atoms with E-state index in [9.17, 15) is 18.4 Å². The highest BCUT2D eigenvalue weighted by atomic mass is 19.1. The fraction of sp³-hybridized carbons (Fsp3) is 0.0909. The highest BCUT2D eigenvalue weighted by Gasteiger charge is 2.47. The van der Waals surface area contributed by atoms with Gasteiger partial charge >= 0.3 is 0 Å². The van der Waals surface area contributed by atoms with Crippen LogP contribution in [0.5, 0.6) is 0 Å². The lowest BCUT2D eigenvalue weighted by atomic mass is 9.89. The standard InChI is InChI=1S/C11H8F2N2O3/c12-6-1-2-8(13)7(5-6)9(16)11(10(14)17)3-4-18-15-11/h1-5,15H,(H2,14,17). The summed E-state index contributed by atoms with van der Waals surface area (Å²) in [4.78, 5) is 28.0. The summed E-state index contributed by atoms with van der Waals surface area (Å²) in [7, 11) is 0. The molecule has 0 saturated carbocycles. The monoisotopic (exact) mass is 254 g/mol. The van der Waals surface area contributed by atoms with Crippen LogP contribution in [0.1, 0.15) is 10.4 Å². The van der Waals surface area contributed by atoms with Gasteiger partial charge in [0.15, 0.2) is 0 Å². The number of rotatable bonds is 3. The molecule has 18 heavy (non-hydrogen) atoms. The summed E-state index contributed by atoms with van der Waals surface area (Å²) in [6.45, 7) is 0. The molecule has 0 radical (unpaired) electrons. The topological polar surface area (TPSA) is 81.4 Å². The number of nitrogens with one attached hydrogen (secondary N) is 1. The van der Waals surface area contributed by atoms with E-state index in [4.69, 9.17) is 5.73 Å². The van der Waals surface area contributed by atoms with Gasteiger partial charge in [-0.3, -0.25) is 9.59 Å². The lowest BCUT2D eigenvalue weighted by Gasteiger charge is -2.20. The number of Topliss-reactive ketones (excluding diaryl/α,β-unsaturated/α-hetero) is 1. The molecule has 0 bridgehead atoms. The molecule has 7 heteroatoms. The van der Waals surface area contributed by atoms with Crippen LogP contribution in [0.4, 0.5) is 8.78 Å². The molecule has 1 aromatic carbocycles. The molecule has 1 aliphatic rings. The first-order valence-corrected chi connectivity index (χ1v) is 4.87. The second-order valence-corrected chi connectivity index (χ2v) is 3.65. The number of hydrogen-bond acceptors (Lipinski definition) is 4. The third-order valence-electron chi connectivity index (χ3n) is 2.53. The number of nitrogens with two attached hydrogens (primary N) is 1. The van der Waals surface area contributed by atoms with E-state index < -0.39 is 34.4 Å². The maximum Gasteiger partial charge on any atom is 0.253 e. The largest absolute Gasteiger partial charge is 0.415 e. The molecular formula is C11H8F2N2O3. The second-order valence-electron chi connectivity index (χ2n) is 3.65. The number of primary amides is 1. The van der Waals surface area contributed by atoms with E-state index in [-0.39, 0.29) is 0 Å². The fourth-order valence-electron chi connectivity index (χ4n) is 1.55. The van der Waals surface area contributed by atoms with Crippen molar-refractivity contribution in [2.45, 2.75) is 5.54 Å². The Kier molecular flexibility index (Phi) is 2.84. The van der Waals surface area contributed by atoms with Crippen molar-refractivity contribution in [3.8, 4) is 0 Å². The normalized spacial score (nSPS) is 21.7. The van der Waals surface area contributed by atoms with Crippen molar-refractivity contribution < 1.29 is 23.2 Å². The molecule has 2 rings (SSSR count). The van der Waals surface area contributed by atoms with Gasteiger partial charge in [0.1, 0.15) is 17.9 Å². The number of carbonyl (C=O) groups is 2. The molecule has 1 aliphatic heterocycles. The van der Waals surface area contributed by atoms with E-state index in [0.29, 0.717) is 6.07 Å². The van der Waals surface area contributed by atoms with Crippen molar-refractivity contribution in [3.05, 3.63) is 47.7 Å². The Morgan fingerprint density at radius 1 is 1.33 bits per heavy atom. The summed E-state index contributed by atoms with van der Waals surface area (Å²) in [6.07, 6.45) is 2.07. The van der Waals surface area contributed by atoms with Gasteiger partial charge in [0.25, 0.3) is 5.91 Å². The Balaban J connectivity index is 2.50. The smallest absolute Gasteiger partial charge is 0.253 e. The van der Waals surface area contributed by atoms with E-state index in [1.54, 1.807) is 0 Å². The predicted molar refractivity (Wildman–Crippen MR) is 56.0 cm³/mol. The number of hydrogen-bond donors (Lipinski definition) is 2. The van der Waals surface area contributed by atoms with Crippen molar-refractivity contribution >= 4 is 11.7 Å². The molecule has 1 heterocycles. The van der Waals surface area contributed by atoms with Crippen molar-refractivity contribution in [2.24, 2.45) is 5.73 Å². The molecule has 0 fully saturated rings. The minimum absolute atomic E-state index is 0.587. The summed E-state index contributed by atoms with van der Waals surface area (Å²) in [5, 5.41) is 0. The summed E-state index contributed by atoms with van der Waals surface area (Å²) in [5.74, 6) is -3.86. The van der Waals surface area contributed by atoms with Gasteiger partial charge in [-0.2, -0.15) is 0 Å². The van der Waals surface area contributed by atoms with Crippen LogP contribution in [0.15, 0.2) is 30.5 Å². The van der Waals surface area contributed by atoms with Gasteiger partial charge in [-0.05, 0) is 24.3 Å². The van der Waals surface area contributed by atoms with Crippen molar-refractivity contribution in [1.29, 1.82) is 0 Å². The van der Waals surface area contributed by atoms with Gasteiger partial charge in [0.05, 0.1) is 5.56 Å². The minimum atomic E-state index is -2.02. The fourth-order valence-corrected chi connectivity index (χ4v) is 1.55. The van der Waals surface area contributed by atoms with Crippen molar-refractivity contribution in [1.82, 2.24) is 5.48 Å².